The van der Waals surface area contributed by atoms with Gasteiger partial charge in [0.25, 0.3) is 5.91 Å². The van der Waals surface area contributed by atoms with Crippen molar-refractivity contribution in [2.75, 3.05) is 33.6 Å². The minimum atomic E-state index is -0.131. The number of hydrogen-bond donors (Lipinski definition) is 0. The Labute approximate surface area is 171 Å². The summed E-state index contributed by atoms with van der Waals surface area (Å²) in [6.07, 6.45) is 0. The predicted octanol–water partition coefficient (Wildman–Crippen LogP) is 4.20. The van der Waals surface area contributed by atoms with Gasteiger partial charge in [-0.2, -0.15) is 0 Å². The van der Waals surface area contributed by atoms with Crippen molar-refractivity contribution in [1.29, 1.82) is 0 Å². The molecule has 1 fully saturated rings. The lowest BCUT2D eigenvalue weighted by Crippen LogP contribution is -2.31. The fourth-order valence-electron chi connectivity index (χ4n) is 2.97. The molecule has 1 aliphatic rings. The second-order valence-corrected chi connectivity index (χ2v) is 8.00. The molecule has 0 saturated carbocycles. The molecule has 5 nitrogen and oxygen atoms in total. The quantitative estimate of drug-likeness (QED) is 0.595. The van der Waals surface area contributed by atoms with Gasteiger partial charge in [-0.15, -0.1) is 11.8 Å². The smallest absolute Gasteiger partial charge is 0.256 e. The molecule has 1 atom stereocenters. The Bertz CT molecular complexity index is 814. The van der Waals surface area contributed by atoms with E-state index in [1.807, 2.05) is 41.3 Å². The molecule has 0 spiro atoms. The summed E-state index contributed by atoms with van der Waals surface area (Å²) in [5.41, 5.74) is 1.63. The van der Waals surface area contributed by atoms with E-state index in [9.17, 15) is 4.79 Å². The molecular formula is C19H20INO4S. The largest absolute Gasteiger partial charge is 0.496 e. The molecule has 0 aromatic heterocycles. The topological polar surface area (TPSA) is 48.0 Å². The molecular weight excluding hydrogens is 465 g/mol. The van der Waals surface area contributed by atoms with Gasteiger partial charge in [0.2, 0.25) is 0 Å². The Morgan fingerprint density at radius 1 is 1.08 bits per heavy atom. The SMILES string of the molecule is COc1cc(OC)c(C2SCCN2C(=O)c2ccccc2I)cc1OC. The molecule has 1 amide bonds. The Balaban J connectivity index is 2.00. The number of nitrogens with zero attached hydrogens (tertiary/aromatic N) is 1. The first-order chi connectivity index (χ1) is 12.6. The van der Waals surface area contributed by atoms with Crippen molar-refractivity contribution in [3.63, 3.8) is 0 Å². The van der Waals surface area contributed by atoms with Crippen molar-refractivity contribution in [2.45, 2.75) is 5.37 Å². The van der Waals surface area contributed by atoms with E-state index in [0.29, 0.717) is 23.8 Å². The van der Waals surface area contributed by atoms with Gasteiger partial charge in [0.1, 0.15) is 11.1 Å². The van der Waals surface area contributed by atoms with E-state index in [0.717, 1.165) is 20.4 Å². The average molecular weight is 485 g/mol. The molecule has 1 saturated heterocycles. The Hall–Kier alpha value is -1.61. The van der Waals surface area contributed by atoms with Crippen LogP contribution in [0.4, 0.5) is 0 Å². The van der Waals surface area contributed by atoms with E-state index < -0.39 is 0 Å². The van der Waals surface area contributed by atoms with Crippen LogP contribution in [0.1, 0.15) is 21.3 Å². The molecule has 138 valence electrons. The molecule has 0 bridgehead atoms. The highest BCUT2D eigenvalue weighted by atomic mass is 127. The standard InChI is InChI=1S/C19H20INO4S/c1-23-15-11-17(25-3)16(24-2)10-13(15)19-21(8-9-26-19)18(22)12-6-4-5-7-14(12)20/h4-7,10-11,19H,8-9H2,1-3H3. The van der Waals surface area contributed by atoms with Crippen molar-refractivity contribution < 1.29 is 19.0 Å². The molecule has 0 N–H and O–H groups in total. The molecule has 1 aliphatic heterocycles. The number of rotatable bonds is 5. The summed E-state index contributed by atoms with van der Waals surface area (Å²) in [4.78, 5) is 15.0. The van der Waals surface area contributed by atoms with Crippen molar-refractivity contribution in [3.05, 3.63) is 51.1 Å². The van der Waals surface area contributed by atoms with Crippen LogP contribution in [0, 0.1) is 3.57 Å². The third-order valence-electron chi connectivity index (χ3n) is 4.26. The highest BCUT2D eigenvalue weighted by molar-refractivity contribution is 14.1. The van der Waals surface area contributed by atoms with Gasteiger partial charge < -0.3 is 19.1 Å². The first-order valence-electron chi connectivity index (χ1n) is 8.07. The van der Waals surface area contributed by atoms with Gasteiger partial charge in [-0.1, -0.05) is 12.1 Å². The van der Waals surface area contributed by atoms with Crippen molar-refractivity contribution in [2.24, 2.45) is 0 Å². The van der Waals surface area contributed by atoms with Gasteiger partial charge in [-0.25, -0.2) is 0 Å². The van der Waals surface area contributed by atoms with E-state index in [2.05, 4.69) is 22.6 Å². The highest BCUT2D eigenvalue weighted by Gasteiger charge is 2.34. The molecule has 26 heavy (non-hydrogen) atoms. The molecule has 3 rings (SSSR count). The second-order valence-electron chi connectivity index (χ2n) is 5.65. The summed E-state index contributed by atoms with van der Waals surface area (Å²) >= 11 is 3.92. The first kappa shape index (κ1) is 19.2. The third kappa shape index (κ3) is 3.59. The molecule has 0 radical (unpaired) electrons. The number of hydrogen-bond acceptors (Lipinski definition) is 5. The van der Waals surface area contributed by atoms with Crippen molar-refractivity contribution in [3.8, 4) is 17.2 Å². The third-order valence-corrected chi connectivity index (χ3v) is 6.44. The highest BCUT2D eigenvalue weighted by Crippen LogP contribution is 2.46. The monoisotopic (exact) mass is 485 g/mol. The van der Waals surface area contributed by atoms with Crippen LogP contribution >= 0.6 is 34.4 Å². The van der Waals surface area contributed by atoms with E-state index in [1.54, 1.807) is 33.1 Å². The maximum atomic E-state index is 13.1. The zero-order chi connectivity index (χ0) is 18.7. The van der Waals surface area contributed by atoms with Crippen LogP contribution in [0.25, 0.3) is 0 Å². The van der Waals surface area contributed by atoms with E-state index in [1.165, 1.54) is 0 Å². The fraction of sp³-hybridized carbons (Fsp3) is 0.316. The maximum absolute atomic E-state index is 13.1. The molecule has 0 aliphatic carbocycles. The number of carbonyl (C=O) groups is 1. The lowest BCUT2D eigenvalue weighted by molar-refractivity contribution is 0.0758. The lowest BCUT2D eigenvalue weighted by Gasteiger charge is -2.26. The van der Waals surface area contributed by atoms with Crippen LogP contribution in [0.2, 0.25) is 0 Å². The van der Waals surface area contributed by atoms with E-state index in [-0.39, 0.29) is 11.3 Å². The number of ether oxygens (including phenoxy) is 3. The van der Waals surface area contributed by atoms with Gasteiger partial charge in [-0.3, -0.25) is 4.79 Å². The number of halogens is 1. The normalized spacial score (nSPS) is 16.5. The molecule has 2 aromatic rings. The van der Waals surface area contributed by atoms with Crippen LogP contribution in [0.3, 0.4) is 0 Å². The minimum absolute atomic E-state index is 0.0295. The number of benzene rings is 2. The summed E-state index contributed by atoms with van der Waals surface area (Å²) in [5.74, 6) is 2.81. The van der Waals surface area contributed by atoms with E-state index >= 15 is 0 Å². The van der Waals surface area contributed by atoms with Crippen LogP contribution < -0.4 is 14.2 Å². The second kappa shape index (κ2) is 8.39. The fourth-order valence-corrected chi connectivity index (χ4v) is 4.86. The maximum Gasteiger partial charge on any atom is 0.256 e. The van der Waals surface area contributed by atoms with Crippen molar-refractivity contribution in [1.82, 2.24) is 4.90 Å². The summed E-state index contributed by atoms with van der Waals surface area (Å²) in [5, 5.41) is -0.131. The number of thioether (sulfide) groups is 1. The number of carbonyl (C=O) groups excluding carboxylic acids is 1. The number of amides is 1. The molecule has 1 heterocycles. The number of methoxy groups -OCH3 is 3. The Morgan fingerprint density at radius 2 is 1.73 bits per heavy atom. The summed E-state index contributed by atoms with van der Waals surface area (Å²) in [6, 6.07) is 11.4. The van der Waals surface area contributed by atoms with Gasteiger partial charge in [0.05, 0.1) is 26.9 Å². The minimum Gasteiger partial charge on any atom is -0.496 e. The predicted molar refractivity (Wildman–Crippen MR) is 111 cm³/mol. The van der Waals surface area contributed by atoms with Crippen molar-refractivity contribution >= 4 is 40.3 Å². The molecule has 2 aromatic carbocycles. The molecule has 1 unspecified atom stereocenters. The summed E-state index contributed by atoms with van der Waals surface area (Å²) < 4.78 is 17.3. The van der Waals surface area contributed by atoms with Gasteiger partial charge in [0, 0.05) is 27.5 Å². The van der Waals surface area contributed by atoms with E-state index in [4.69, 9.17) is 14.2 Å². The Morgan fingerprint density at radius 3 is 2.38 bits per heavy atom. The average Bonchev–Trinajstić information content (AvgIpc) is 3.16. The Kier molecular flexibility index (Phi) is 6.18. The van der Waals surface area contributed by atoms with Gasteiger partial charge in [-0.05, 0) is 40.8 Å². The zero-order valence-corrected chi connectivity index (χ0v) is 17.8. The lowest BCUT2D eigenvalue weighted by atomic mass is 10.1. The zero-order valence-electron chi connectivity index (χ0n) is 14.8. The van der Waals surface area contributed by atoms with Gasteiger partial charge in [0.15, 0.2) is 11.5 Å². The van der Waals surface area contributed by atoms with Crippen LogP contribution in [0.15, 0.2) is 36.4 Å². The van der Waals surface area contributed by atoms with Gasteiger partial charge >= 0.3 is 0 Å². The summed E-state index contributed by atoms with van der Waals surface area (Å²) in [6.45, 7) is 0.691. The first-order valence-corrected chi connectivity index (χ1v) is 10.2. The summed E-state index contributed by atoms with van der Waals surface area (Å²) in [7, 11) is 4.82. The van der Waals surface area contributed by atoms with Crippen LogP contribution in [-0.4, -0.2) is 44.4 Å². The molecule has 7 heteroatoms. The van der Waals surface area contributed by atoms with Crippen LogP contribution in [-0.2, 0) is 0 Å². The van der Waals surface area contributed by atoms with Crippen LogP contribution in [0.5, 0.6) is 17.2 Å².